The Bertz CT molecular complexity index is 647. The summed E-state index contributed by atoms with van der Waals surface area (Å²) in [5.41, 5.74) is -4.86. The van der Waals surface area contributed by atoms with Gasteiger partial charge in [-0.3, -0.25) is 4.79 Å². The average Bonchev–Trinajstić information content (AvgIpc) is 2.25. The van der Waals surface area contributed by atoms with Gasteiger partial charge < -0.3 is 5.73 Å². The van der Waals surface area contributed by atoms with Crippen LogP contribution in [-0.2, 0) is 16.0 Å². The van der Waals surface area contributed by atoms with Gasteiger partial charge >= 0.3 is 11.7 Å². The van der Waals surface area contributed by atoms with Gasteiger partial charge in [0.1, 0.15) is 4.90 Å². The molecule has 0 saturated carbocycles. The zero-order valence-corrected chi connectivity index (χ0v) is 10.0. The molecule has 0 aromatic heterocycles. The third-order valence-electron chi connectivity index (χ3n) is 2.16. The topological polar surface area (TPSA) is 77.2 Å². The molecule has 0 fully saturated rings. The van der Waals surface area contributed by atoms with Crippen LogP contribution in [0.3, 0.4) is 0 Å². The number of alkyl halides is 6. The number of rotatable bonds is 2. The van der Waals surface area contributed by atoms with Gasteiger partial charge in [-0.25, -0.2) is 8.42 Å². The molecule has 0 aliphatic heterocycles. The van der Waals surface area contributed by atoms with E-state index in [0.717, 1.165) is 0 Å². The van der Waals surface area contributed by atoms with Crippen LogP contribution >= 0.6 is 0 Å². The lowest BCUT2D eigenvalue weighted by Gasteiger charge is -2.16. The molecule has 0 spiro atoms. The monoisotopic (exact) mass is 321 g/mol. The summed E-state index contributed by atoms with van der Waals surface area (Å²) >= 11 is 0. The zero-order chi connectivity index (χ0) is 15.9. The van der Waals surface area contributed by atoms with Crippen molar-refractivity contribution in [2.75, 3.05) is 0 Å². The van der Waals surface area contributed by atoms with Crippen LogP contribution in [0.5, 0.6) is 0 Å². The largest absolute Gasteiger partial charge is 0.501 e. The molecule has 0 saturated heterocycles. The third-order valence-corrected chi connectivity index (χ3v) is 3.75. The van der Waals surface area contributed by atoms with Crippen molar-refractivity contribution in [1.29, 1.82) is 0 Å². The fourth-order valence-corrected chi connectivity index (χ4v) is 2.52. The van der Waals surface area contributed by atoms with E-state index in [1.165, 1.54) is 0 Å². The Morgan fingerprint density at radius 1 is 1.05 bits per heavy atom. The molecule has 11 heteroatoms. The first-order chi connectivity index (χ1) is 8.80. The molecule has 0 bridgehead atoms. The Balaban J connectivity index is 3.89. The van der Waals surface area contributed by atoms with Crippen molar-refractivity contribution in [2.24, 2.45) is 5.73 Å². The summed E-state index contributed by atoms with van der Waals surface area (Å²) in [5, 5.41) is 0. The molecular weight excluding hydrogens is 316 g/mol. The Morgan fingerprint density at radius 3 is 1.90 bits per heavy atom. The number of nitrogens with two attached hydrogens (primary N) is 1. The van der Waals surface area contributed by atoms with Crippen molar-refractivity contribution in [3.8, 4) is 0 Å². The molecule has 112 valence electrons. The SMILES string of the molecule is NC(=O)c1cccc(C(F)(F)F)c1S(=O)(=O)C(F)(F)F. The number of benzene rings is 1. The Morgan fingerprint density at radius 2 is 1.55 bits per heavy atom. The second-order valence-electron chi connectivity index (χ2n) is 3.49. The van der Waals surface area contributed by atoms with E-state index in [1.807, 2.05) is 0 Å². The lowest BCUT2D eigenvalue weighted by atomic mass is 10.1. The number of carbonyl (C=O) groups is 1. The molecule has 0 aliphatic carbocycles. The highest BCUT2D eigenvalue weighted by atomic mass is 32.2. The fourth-order valence-electron chi connectivity index (χ4n) is 1.36. The second-order valence-corrected chi connectivity index (χ2v) is 5.37. The normalized spacial score (nSPS) is 13.3. The number of amides is 1. The first-order valence-corrected chi connectivity index (χ1v) is 6.10. The van der Waals surface area contributed by atoms with Crippen LogP contribution in [0.1, 0.15) is 15.9 Å². The molecule has 1 amide bonds. The van der Waals surface area contributed by atoms with E-state index in [0.29, 0.717) is 12.1 Å². The Kier molecular flexibility index (Phi) is 3.78. The minimum atomic E-state index is -6.39. The van der Waals surface area contributed by atoms with Crippen LogP contribution < -0.4 is 5.73 Å². The van der Waals surface area contributed by atoms with Gasteiger partial charge in [-0.15, -0.1) is 0 Å². The second kappa shape index (κ2) is 4.65. The van der Waals surface area contributed by atoms with E-state index in [-0.39, 0.29) is 6.07 Å². The van der Waals surface area contributed by atoms with Crippen LogP contribution in [0.25, 0.3) is 0 Å². The minimum absolute atomic E-state index is 0.116. The van der Waals surface area contributed by atoms with Crippen molar-refractivity contribution in [2.45, 2.75) is 16.6 Å². The van der Waals surface area contributed by atoms with Crippen molar-refractivity contribution in [3.63, 3.8) is 0 Å². The zero-order valence-electron chi connectivity index (χ0n) is 9.21. The van der Waals surface area contributed by atoms with Gasteiger partial charge in [-0.1, -0.05) is 6.07 Å². The Hall–Kier alpha value is -1.78. The summed E-state index contributed by atoms with van der Waals surface area (Å²) in [6.07, 6.45) is -5.40. The van der Waals surface area contributed by atoms with E-state index in [2.05, 4.69) is 5.73 Å². The predicted octanol–water partition coefficient (Wildman–Crippen LogP) is 2.10. The molecule has 0 unspecified atom stereocenters. The van der Waals surface area contributed by atoms with E-state index in [1.54, 1.807) is 0 Å². The van der Waals surface area contributed by atoms with E-state index in [9.17, 15) is 39.6 Å². The van der Waals surface area contributed by atoms with Gasteiger partial charge in [-0.05, 0) is 12.1 Å². The van der Waals surface area contributed by atoms with Gasteiger partial charge in [0, 0.05) is 0 Å². The number of primary amides is 1. The number of carbonyl (C=O) groups excluding carboxylic acids is 1. The van der Waals surface area contributed by atoms with Gasteiger partial charge in [0.2, 0.25) is 5.91 Å². The predicted molar refractivity (Wildman–Crippen MR) is 53.2 cm³/mol. The first-order valence-electron chi connectivity index (χ1n) is 4.61. The number of hydrogen-bond acceptors (Lipinski definition) is 3. The molecule has 1 aromatic carbocycles. The molecule has 4 nitrogen and oxygen atoms in total. The average molecular weight is 321 g/mol. The van der Waals surface area contributed by atoms with E-state index >= 15 is 0 Å². The highest BCUT2D eigenvalue weighted by Crippen LogP contribution is 2.40. The van der Waals surface area contributed by atoms with Crippen LogP contribution in [0.4, 0.5) is 26.3 Å². The van der Waals surface area contributed by atoms with Crippen molar-refractivity contribution in [3.05, 3.63) is 29.3 Å². The standard InChI is InChI=1S/C9H5F6NO3S/c10-8(11,12)5-3-1-2-4(7(16)17)6(5)20(18,19)9(13,14)15/h1-3H,(H2,16,17). The molecule has 2 N–H and O–H groups in total. The Labute approximate surface area is 108 Å². The summed E-state index contributed by atoms with van der Waals surface area (Å²) in [4.78, 5) is 8.71. The van der Waals surface area contributed by atoms with E-state index < -0.39 is 43.5 Å². The lowest BCUT2D eigenvalue weighted by Crippen LogP contribution is -2.29. The molecule has 20 heavy (non-hydrogen) atoms. The summed E-state index contributed by atoms with van der Waals surface area (Å²) in [6.45, 7) is 0. The number of halogens is 6. The van der Waals surface area contributed by atoms with Crippen molar-refractivity contribution < 1.29 is 39.6 Å². The summed E-state index contributed by atoms with van der Waals surface area (Å²) in [7, 11) is -6.39. The highest BCUT2D eigenvalue weighted by molar-refractivity contribution is 7.92. The molecule has 1 aromatic rings. The van der Waals surface area contributed by atoms with Gasteiger partial charge in [0.25, 0.3) is 9.84 Å². The maximum atomic E-state index is 12.6. The molecule has 0 heterocycles. The molecule has 0 atom stereocenters. The fraction of sp³-hybridized carbons (Fsp3) is 0.222. The van der Waals surface area contributed by atoms with Gasteiger partial charge in [0.05, 0.1) is 11.1 Å². The maximum Gasteiger partial charge on any atom is 0.501 e. The molecule has 0 aliphatic rings. The van der Waals surface area contributed by atoms with Gasteiger partial charge in [0.15, 0.2) is 0 Å². The minimum Gasteiger partial charge on any atom is -0.366 e. The molecular formula is C9H5F6NO3S. The number of sulfone groups is 1. The quantitative estimate of drug-likeness (QED) is 0.847. The first kappa shape index (κ1) is 16.3. The van der Waals surface area contributed by atoms with Crippen LogP contribution in [-0.4, -0.2) is 19.8 Å². The van der Waals surface area contributed by atoms with E-state index in [4.69, 9.17) is 0 Å². The number of hydrogen-bond donors (Lipinski definition) is 1. The lowest BCUT2D eigenvalue weighted by molar-refractivity contribution is -0.140. The van der Waals surface area contributed by atoms with Crippen molar-refractivity contribution >= 4 is 15.7 Å². The maximum absolute atomic E-state index is 12.6. The van der Waals surface area contributed by atoms with Gasteiger partial charge in [-0.2, -0.15) is 26.3 Å². The summed E-state index contributed by atoms with van der Waals surface area (Å²) < 4.78 is 97.6. The van der Waals surface area contributed by atoms with Crippen LogP contribution in [0.2, 0.25) is 0 Å². The third kappa shape index (κ3) is 2.71. The highest BCUT2D eigenvalue weighted by Gasteiger charge is 2.52. The van der Waals surface area contributed by atoms with Crippen LogP contribution in [0.15, 0.2) is 23.1 Å². The van der Waals surface area contributed by atoms with Crippen molar-refractivity contribution in [1.82, 2.24) is 0 Å². The smallest absolute Gasteiger partial charge is 0.366 e. The molecule has 0 radical (unpaired) electrons. The van der Waals surface area contributed by atoms with Crippen LogP contribution in [0, 0.1) is 0 Å². The summed E-state index contributed by atoms with van der Waals surface area (Å²) in [6, 6.07) is 1.17. The summed E-state index contributed by atoms with van der Waals surface area (Å²) in [5.74, 6) is -1.72. The molecule has 1 rings (SSSR count).